The van der Waals surface area contributed by atoms with Gasteiger partial charge >= 0.3 is 11.9 Å². The molecule has 1 saturated heterocycles. The molecule has 0 saturated carbocycles. The van der Waals surface area contributed by atoms with Gasteiger partial charge in [0.1, 0.15) is 6.54 Å². The lowest BCUT2D eigenvalue weighted by molar-refractivity contribution is -0.160. The van der Waals surface area contributed by atoms with Crippen LogP contribution in [0, 0.1) is 0 Å². The van der Waals surface area contributed by atoms with Gasteiger partial charge in [0.2, 0.25) is 6.10 Å². The molecule has 0 bridgehead atoms. The number of hydrogen-bond donors (Lipinski definition) is 0. The third kappa shape index (κ3) is 2.77. The van der Waals surface area contributed by atoms with Crippen molar-refractivity contribution in [3.8, 4) is 0 Å². The second-order valence-corrected chi connectivity index (χ2v) is 5.76. The van der Waals surface area contributed by atoms with E-state index in [4.69, 9.17) is 27.9 Å². The Hall–Kier alpha value is -2.12. The summed E-state index contributed by atoms with van der Waals surface area (Å²) < 4.78 is 9.58. The average molecular weight is 358 g/mol. The highest BCUT2D eigenvalue weighted by molar-refractivity contribution is 6.43. The van der Waals surface area contributed by atoms with E-state index in [0.717, 1.165) is 4.90 Å². The lowest BCUT2D eigenvalue weighted by atomic mass is 10.1. The normalized spacial score (nSPS) is 19.8. The van der Waals surface area contributed by atoms with Crippen LogP contribution in [0.1, 0.15) is 27.1 Å². The van der Waals surface area contributed by atoms with Gasteiger partial charge < -0.3 is 9.47 Å². The number of benzene rings is 1. The van der Waals surface area contributed by atoms with E-state index >= 15 is 0 Å². The minimum atomic E-state index is -0.999. The van der Waals surface area contributed by atoms with Crippen LogP contribution in [0.5, 0.6) is 0 Å². The van der Waals surface area contributed by atoms with Crippen LogP contribution in [0.25, 0.3) is 0 Å². The van der Waals surface area contributed by atoms with Crippen LogP contribution in [0.2, 0.25) is 10.0 Å². The second kappa shape index (κ2) is 5.82. The van der Waals surface area contributed by atoms with Crippen molar-refractivity contribution in [2.45, 2.75) is 12.5 Å². The van der Waals surface area contributed by atoms with Crippen LogP contribution in [0.3, 0.4) is 0 Å². The Kier molecular flexibility index (Phi) is 3.99. The van der Waals surface area contributed by atoms with E-state index < -0.39 is 36.4 Å². The first-order valence-electron chi connectivity index (χ1n) is 6.60. The molecular formula is C14H9Cl2NO6. The van der Waals surface area contributed by atoms with Gasteiger partial charge in [-0.1, -0.05) is 23.2 Å². The van der Waals surface area contributed by atoms with Gasteiger partial charge in [-0.15, -0.1) is 0 Å². The van der Waals surface area contributed by atoms with Crippen LogP contribution in [-0.4, -0.2) is 47.9 Å². The molecule has 0 aliphatic carbocycles. The number of cyclic esters (lactones) is 1. The van der Waals surface area contributed by atoms with Crippen molar-refractivity contribution in [3.63, 3.8) is 0 Å². The zero-order valence-electron chi connectivity index (χ0n) is 11.5. The van der Waals surface area contributed by atoms with Crippen LogP contribution in [0.15, 0.2) is 12.1 Å². The van der Waals surface area contributed by atoms with E-state index in [1.807, 2.05) is 0 Å². The number of rotatable bonds is 3. The number of imide groups is 1. The van der Waals surface area contributed by atoms with Crippen molar-refractivity contribution in [3.05, 3.63) is 33.3 Å². The Morgan fingerprint density at radius 1 is 1.17 bits per heavy atom. The number of halogens is 2. The number of amides is 2. The maximum absolute atomic E-state index is 12.2. The molecule has 1 fully saturated rings. The molecule has 3 rings (SSSR count). The molecule has 23 heavy (non-hydrogen) atoms. The molecule has 1 aromatic carbocycles. The largest absolute Gasteiger partial charge is 0.463 e. The highest BCUT2D eigenvalue weighted by Gasteiger charge is 2.39. The summed E-state index contributed by atoms with van der Waals surface area (Å²) in [5.74, 6) is -2.86. The van der Waals surface area contributed by atoms with Gasteiger partial charge in [-0.2, -0.15) is 0 Å². The topological polar surface area (TPSA) is 90.0 Å². The van der Waals surface area contributed by atoms with E-state index in [2.05, 4.69) is 4.74 Å². The van der Waals surface area contributed by atoms with Gasteiger partial charge in [0, 0.05) is 6.42 Å². The molecule has 2 aliphatic heterocycles. The van der Waals surface area contributed by atoms with E-state index in [9.17, 15) is 19.2 Å². The van der Waals surface area contributed by atoms with Gasteiger partial charge in [-0.3, -0.25) is 19.3 Å². The molecule has 1 atom stereocenters. The molecule has 7 nitrogen and oxygen atoms in total. The van der Waals surface area contributed by atoms with E-state index in [-0.39, 0.29) is 34.2 Å². The second-order valence-electron chi connectivity index (χ2n) is 4.94. The Balaban J connectivity index is 1.74. The minimum Gasteiger partial charge on any atom is -0.463 e. The van der Waals surface area contributed by atoms with Crippen molar-refractivity contribution < 1.29 is 28.7 Å². The van der Waals surface area contributed by atoms with Crippen molar-refractivity contribution in [1.82, 2.24) is 4.90 Å². The fourth-order valence-electron chi connectivity index (χ4n) is 2.34. The number of carbonyl (C=O) groups is 4. The number of hydrogen-bond acceptors (Lipinski definition) is 6. The Labute approximate surface area is 140 Å². The lowest BCUT2D eigenvalue weighted by Gasteiger charge is -2.14. The summed E-state index contributed by atoms with van der Waals surface area (Å²) in [4.78, 5) is 48.2. The van der Waals surface area contributed by atoms with Crippen LogP contribution in [0.4, 0.5) is 0 Å². The van der Waals surface area contributed by atoms with Crippen molar-refractivity contribution >= 4 is 47.0 Å². The quantitative estimate of drug-likeness (QED) is 0.600. The molecular weight excluding hydrogens is 349 g/mol. The molecule has 0 aromatic heterocycles. The maximum atomic E-state index is 12.2. The smallest absolute Gasteiger partial charge is 0.347 e. The number of esters is 2. The van der Waals surface area contributed by atoms with Crippen LogP contribution >= 0.6 is 23.2 Å². The molecule has 2 amide bonds. The molecule has 2 heterocycles. The summed E-state index contributed by atoms with van der Waals surface area (Å²) in [5.41, 5.74) is 0.134. The summed E-state index contributed by atoms with van der Waals surface area (Å²) in [6.07, 6.45) is -0.751. The molecule has 1 aromatic rings. The summed E-state index contributed by atoms with van der Waals surface area (Å²) in [5, 5.41) is 0.259. The monoisotopic (exact) mass is 357 g/mol. The fraction of sp³-hybridized carbons (Fsp3) is 0.286. The summed E-state index contributed by atoms with van der Waals surface area (Å²) in [7, 11) is 0. The average Bonchev–Trinajstić information content (AvgIpc) is 2.99. The predicted molar refractivity (Wildman–Crippen MR) is 77.3 cm³/mol. The molecule has 0 spiro atoms. The molecule has 9 heteroatoms. The summed E-state index contributed by atoms with van der Waals surface area (Å²) in [6, 6.07) is 2.55. The summed E-state index contributed by atoms with van der Waals surface area (Å²) in [6.45, 7) is -0.438. The number of nitrogens with zero attached hydrogens (tertiary/aromatic N) is 1. The zero-order chi connectivity index (χ0) is 16.7. The highest BCUT2D eigenvalue weighted by Crippen LogP contribution is 2.31. The van der Waals surface area contributed by atoms with Crippen LogP contribution in [-0.2, 0) is 19.1 Å². The van der Waals surface area contributed by atoms with Crippen LogP contribution < -0.4 is 0 Å². The Morgan fingerprint density at radius 3 is 2.22 bits per heavy atom. The predicted octanol–water partition coefficient (Wildman–Crippen LogP) is 1.45. The van der Waals surface area contributed by atoms with Crippen molar-refractivity contribution in [2.24, 2.45) is 0 Å². The number of ether oxygens (including phenoxy) is 2. The highest BCUT2D eigenvalue weighted by atomic mass is 35.5. The van der Waals surface area contributed by atoms with E-state index in [1.54, 1.807) is 0 Å². The Morgan fingerprint density at radius 2 is 1.74 bits per heavy atom. The standard InChI is InChI=1S/C14H9Cl2NO6/c15-8-3-6-7(4-9(8)16)13(20)17(12(6)19)5-11(18)23-10-1-2-22-14(10)21/h3-4,10H,1-2,5H2/t10-/m1/s1. The Bertz CT molecular complexity index is 706. The fourth-order valence-corrected chi connectivity index (χ4v) is 2.66. The number of fused-ring (bicyclic) bond motifs is 1. The molecule has 0 unspecified atom stereocenters. The molecule has 0 N–H and O–H groups in total. The SMILES string of the molecule is O=C(CN1C(=O)c2cc(Cl)c(Cl)cc2C1=O)O[C@@H]1CCOC1=O. The minimum absolute atomic E-state index is 0.0671. The number of carbonyl (C=O) groups excluding carboxylic acids is 4. The molecule has 120 valence electrons. The third-order valence-electron chi connectivity index (χ3n) is 3.46. The zero-order valence-corrected chi connectivity index (χ0v) is 13.0. The van der Waals surface area contributed by atoms with Gasteiger partial charge in [0.05, 0.1) is 27.8 Å². The third-order valence-corrected chi connectivity index (χ3v) is 4.18. The lowest BCUT2D eigenvalue weighted by Crippen LogP contribution is -2.37. The van der Waals surface area contributed by atoms with Gasteiger partial charge in [0.15, 0.2) is 0 Å². The first-order chi connectivity index (χ1) is 10.9. The maximum Gasteiger partial charge on any atom is 0.347 e. The first-order valence-corrected chi connectivity index (χ1v) is 7.35. The van der Waals surface area contributed by atoms with Gasteiger partial charge in [-0.05, 0) is 12.1 Å². The van der Waals surface area contributed by atoms with Crippen molar-refractivity contribution in [1.29, 1.82) is 0 Å². The van der Waals surface area contributed by atoms with E-state index in [0.29, 0.717) is 0 Å². The summed E-state index contributed by atoms with van der Waals surface area (Å²) >= 11 is 11.7. The van der Waals surface area contributed by atoms with Crippen molar-refractivity contribution in [2.75, 3.05) is 13.2 Å². The molecule has 2 aliphatic rings. The first kappa shape index (κ1) is 15.8. The molecule has 0 radical (unpaired) electrons. The van der Waals surface area contributed by atoms with Gasteiger partial charge in [-0.25, -0.2) is 4.79 Å². The van der Waals surface area contributed by atoms with Gasteiger partial charge in [0.25, 0.3) is 11.8 Å². The van der Waals surface area contributed by atoms with E-state index in [1.165, 1.54) is 12.1 Å².